The van der Waals surface area contributed by atoms with Crippen molar-refractivity contribution in [2.45, 2.75) is 6.42 Å². The Morgan fingerprint density at radius 1 is 1.25 bits per heavy atom. The highest BCUT2D eigenvalue weighted by Crippen LogP contribution is 2.35. The van der Waals surface area contributed by atoms with Gasteiger partial charge < -0.3 is 5.11 Å². The third-order valence-electron chi connectivity index (χ3n) is 3.60. The van der Waals surface area contributed by atoms with Crippen LogP contribution in [0.25, 0.3) is 26.8 Å². The Kier molecular flexibility index (Phi) is 3.66. The van der Waals surface area contributed by atoms with E-state index in [2.05, 4.69) is 4.98 Å². The molecule has 0 atom stereocenters. The van der Waals surface area contributed by atoms with Gasteiger partial charge in [-0.15, -0.1) is 22.7 Å². The van der Waals surface area contributed by atoms with E-state index in [0.717, 1.165) is 26.8 Å². The van der Waals surface area contributed by atoms with E-state index < -0.39 is 5.97 Å². The Hall–Kier alpha value is -2.51. The molecule has 4 rings (SSSR count). The van der Waals surface area contributed by atoms with Crippen LogP contribution in [-0.2, 0) is 11.2 Å². The van der Waals surface area contributed by atoms with E-state index >= 15 is 0 Å². The van der Waals surface area contributed by atoms with Crippen LogP contribution < -0.4 is 0 Å². The molecule has 0 spiro atoms. The zero-order valence-electron chi connectivity index (χ0n) is 12.3. The summed E-state index contributed by atoms with van der Waals surface area (Å²) in [5, 5.41) is 11.2. The number of nitrogens with zero attached hydrogens (tertiary/aromatic N) is 2. The molecule has 0 aliphatic rings. The van der Waals surface area contributed by atoms with E-state index in [4.69, 9.17) is 5.11 Å². The molecule has 0 fully saturated rings. The van der Waals surface area contributed by atoms with E-state index in [1.165, 1.54) is 23.5 Å². The number of carbonyl (C=O) groups is 1. The number of imidazole rings is 1. The van der Waals surface area contributed by atoms with Crippen LogP contribution in [-0.4, -0.2) is 20.5 Å². The summed E-state index contributed by atoms with van der Waals surface area (Å²) in [6.07, 6.45) is 1.82. The molecule has 1 aromatic carbocycles. The highest BCUT2D eigenvalue weighted by molar-refractivity contribution is 7.17. The summed E-state index contributed by atoms with van der Waals surface area (Å²) in [7, 11) is 0. The van der Waals surface area contributed by atoms with Crippen molar-refractivity contribution >= 4 is 33.6 Å². The van der Waals surface area contributed by atoms with Crippen LogP contribution >= 0.6 is 22.7 Å². The number of carboxylic acid groups (broad SMARTS) is 1. The van der Waals surface area contributed by atoms with Crippen LogP contribution in [0.4, 0.5) is 4.39 Å². The lowest BCUT2D eigenvalue weighted by atomic mass is 10.1. The fourth-order valence-electron chi connectivity index (χ4n) is 2.60. The van der Waals surface area contributed by atoms with Gasteiger partial charge in [0.2, 0.25) is 0 Å². The molecule has 4 aromatic rings. The number of aromatic nitrogens is 2. The van der Waals surface area contributed by atoms with E-state index in [1.807, 2.05) is 28.1 Å². The smallest absolute Gasteiger partial charge is 0.308 e. The van der Waals surface area contributed by atoms with Crippen LogP contribution in [0.3, 0.4) is 0 Å². The average Bonchev–Trinajstić information content (AvgIpc) is 3.22. The minimum Gasteiger partial charge on any atom is -0.481 e. The Morgan fingerprint density at radius 2 is 2.04 bits per heavy atom. The fraction of sp³-hybridized carbons (Fsp3) is 0.0588. The maximum Gasteiger partial charge on any atom is 0.308 e. The molecule has 0 saturated carbocycles. The van der Waals surface area contributed by atoms with Crippen molar-refractivity contribution < 1.29 is 14.3 Å². The first-order chi connectivity index (χ1) is 11.6. The summed E-state index contributed by atoms with van der Waals surface area (Å²) < 4.78 is 15.1. The molecule has 3 heterocycles. The van der Waals surface area contributed by atoms with E-state index in [1.54, 1.807) is 23.5 Å². The van der Waals surface area contributed by atoms with Crippen LogP contribution in [0.1, 0.15) is 4.88 Å². The maximum absolute atomic E-state index is 13.2. The Bertz CT molecular complexity index is 1020. The number of aliphatic carboxylic acids is 1. The molecule has 4 nitrogen and oxygen atoms in total. The SMILES string of the molecule is O=C(O)Cc1sc2nc(-c3cccs3)cn2c1-c1ccc(F)cc1. The quantitative estimate of drug-likeness (QED) is 0.582. The minimum absolute atomic E-state index is 0.0882. The van der Waals surface area contributed by atoms with Crippen molar-refractivity contribution in [3.63, 3.8) is 0 Å². The lowest BCUT2D eigenvalue weighted by Crippen LogP contribution is -2.00. The molecular weight excluding hydrogens is 347 g/mol. The largest absolute Gasteiger partial charge is 0.481 e. The van der Waals surface area contributed by atoms with Gasteiger partial charge in [0.05, 0.1) is 17.0 Å². The molecule has 0 radical (unpaired) electrons. The Labute approximate surface area is 144 Å². The molecule has 0 saturated heterocycles. The molecule has 0 amide bonds. The first-order valence-corrected chi connectivity index (χ1v) is 8.84. The van der Waals surface area contributed by atoms with Gasteiger partial charge in [0, 0.05) is 11.1 Å². The van der Waals surface area contributed by atoms with Gasteiger partial charge in [0.1, 0.15) is 11.5 Å². The predicted molar refractivity (Wildman–Crippen MR) is 93.1 cm³/mol. The van der Waals surface area contributed by atoms with E-state index in [0.29, 0.717) is 4.88 Å². The van der Waals surface area contributed by atoms with Gasteiger partial charge in [-0.1, -0.05) is 6.07 Å². The standard InChI is InChI=1S/C17H11FN2O2S2/c18-11-5-3-10(4-6-11)16-14(8-15(21)22)24-17-19-12(9-20(16)17)13-2-1-7-23-13/h1-7,9H,8H2,(H,21,22). The van der Waals surface area contributed by atoms with Gasteiger partial charge in [-0.2, -0.15) is 0 Å². The second kappa shape index (κ2) is 5.85. The van der Waals surface area contributed by atoms with Gasteiger partial charge >= 0.3 is 5.97 Å². The molecule has 7 heteroatoms. The summed E-state index contributed by atoms with van der Waals surface area (Å²) in [5.74, 6) is -1.23. The number of fused-ring (bicyclic) bond motifs is 1. The van der Waals surface area contributed by atoms with Crippen LogP contribution in [0, 0.1) is 5.82 Å². The summed E-state index contributed by atoms with van der Waals surface area (Å²) >= 11 is 2.95. The van der Waals surface area contributed by atoms with Crippen molar-refractivity contribution in [1.29, 1.82) is 0 Å². The normalized spacial score (nSPS) is 11.2. The molecule has 0 bridgehead atoms. The first-order valence-electron chi connectivity index (χ1n) is 7.14. The van der Waals surface area contributed by atoms with Crippen molar-refractivity contribution in [2.24, 2.45) is 0 Å². The number of thiophene rings is 1. The summed E-state index contributed by atoms with van der Waals surface area (Å²) in [6, 6.07) is 10.0. The molecule has 0 unspecified atom stereocenters. The second-order valence-corrected chi connectivity index (χ2v) is 7.22. The van der Waals surface area contributed by atoms with Crippen LogP contribution in [0.5, 0.6) is 0 Å². The van der Waals surface area contributed by atoms with Crippen molar-refractivity contribution in [3.05, 3.63) is 58.7 Å². The van der Waals surface area contributed by atoms with Gasteiger partial charge in [-0.05, 0) is 41.3 Å². The Morgan fingerprint density at radius 3 is 2.71 bits per heavy atom. The predicted octanol–water partition coefficient (Wildman–Crippen LogP) is 4.56. The third-order valence-corrected chi connectivity index (χ3v) is 5.54. The van der Waals surface area contributed by atoms with E-state index in [-0.39, 0.29) is 12.2 Å². The number of benzene rings is 1. The van der Waals surface area contributed by atoms with Gasteiger partial charge in [-0.3, -0.25) is 9.20 Å². The van der Waals surface area contributed by atoms with E-state index in [9.17, 15) is 9.18 Å². The number of hydrogen-bond donors (Lipinski definition) is 1. The van der Waals surface area contributed by atoms with Gasteiger partial charge in [0.25, 0.3) is 0 Å². The molecular formula is C17H11FN2O2S2. The van der Waals surface area contributed by atoms with Crippen molar-refractivity contribution in [1.82, 2.24) is 9.38 Å². The zero-order valence-corrected chi connectivity index (χ0v) is 13.9. The fourth-order valence-corrected chi connectivity index (χ4v) is 4.39. The van der Waals surface area contributed by atoms with Crippen LogP contribution in [0.15, 0.2) is 48.0 Å². The number of rotatable bonds is 4. The lowest BCUT2D eigenvalue weighted by molar-refractivity contribution is -0.136. The van der Waals surface area contributed by atoms with Gasteiger partial charge in [0.15, 0.2) is 4.96 Å². The summed E-state index contributed by atoms with van der Waals surface area (Å²) in [5.41, 5.74) is 2.38. The minimum atomic E-state index is -0.902. The molecule has 24 heavy (non-hydrogen) atoms. The topological polar surface area (TPSA) is 54.6 Å². The monoisotopic (exact) mass is 358 g/mol. The lowest BCUT2D eigenvalue weighted by Gasteiger charge is -2.03. The molecule has 0 aliphatic heterocycles. The van der Waals surface area contributed by atoms with Gasteiger partial charge in [-0.25, -0.2) is 9.37 Å². The molecule has 1 N–H and O–H groups in total. The van der Waals surface area contributed by atoms with Crippen LogP contribution in [0.2, 0.25) is 0 Å². The van der Waals surface area contributed by atoms with Crippen molar-refractivity contribution in [2.75, 3.05) is 0 Å². The highest BCUT2D eigenvalue weighted by atomic mass is 32.1. The zero-order chi connectivity index (χ0) is 16.7. The maximum atomic E-state index is 13.2. The number of hydrogen-bond acceptors (Lipinski definition) is 4. The first kappa shape index (κ1) is 15.0. The summed E-state index contributed by atoms with van der Waals surface area (Å²) in [6.45, 7) is 0. The average molecular weight is 358 g/mol. The molecule has 0 aliphatic carbocycles. The molecule has 3 aromatic heterocycles. The molecule has 120 valence electrons. The number of halogens is 1. The van der Waals surface area contributed by atoms with Crippen molar-refractivity contribution in [3.8, 4) is 21.8 Å². The summed E-state index contributed by atoms with van der Waals surface area (Å²) in [4.78, 5) is 18.3. The Balaban J connectivity index is 1.92. The highest BCUT2D eigenvalue weighted by Gasteiger charge is 2.19. The number of thiazole rings is 1. The third kappa shape index (κ3) is 2.61. The number of carboxylic acids is 1. The second-order valence-electron chi connectivity index (χ2n) is 5.21.